The van der Waals surface area contributed by atoms with E-state index in [2.05, 4.69) is 0 Å². The van der Waals surface area contributed by atoms with Crippen LogP contribution in [0.15, 0.2) is 33.5 Å². The van der Waals surface area contributed by atoms with E-state index in [-0.39, 0.29) is 35.2 Å². The number of carbonyl (C=O) groups excluding carboxylic acids is 2. The molecule has 0 radical (unpaired) electrons. The van der Waals surface area contributed by atoms with Crippen LogP contribution in [-0.2, 0) is 9.53 Å². The van der Waals surface area contributed by atoms with Gasteiger partial charge >= 0.3 is 11.6 Å². The molecule has 1 aromatic carbocycles. The maximum absolute atomic E-state index is 13.2. The normalized spacial score (nSPS) is 12.4. The zero-order valence-corrected chi connectivity index (χ0v) is 15.7. The van der Waals surface area contributed by atoms with E-state index in [1.54, 1.807) is 32.0 Å². The molecule has 0 spiro atoms. The maximum atomic E-state index is 13.2. The number of methoxy groups -OCH3 is 1. The summed E-state index contributed by atoms with van der Waals surface area (Å²) in [5.74, 6) is -0.756. The molecule has 1 unspecified atom stereocenters. The maximum Gasteiger partial charge on any atom is 0.336 e. The van der Waals surface area contributed by atoms with Crippen LogP contribution in [0.1, 0.15) is 44.5 Å². The number of ether oxygens (including phenoxy) is 2. The third kappa shape index (κ3) is 4.31. The molecular weight excluding hydrogens is 336 g/mol. The number of Topliss-reactive ketones (excluding diaryl/α,β-unsaturated/α-hetero) is 1. The Bertz CT molecular complexity index is 862. The van der Waals surface area contributed by atoms with Crippen molar-refractivity contribution in [2.24, 2.45) is 11.8 Å². The van der Waals surface area contributed by atoms with E-state index in [0.717, 1.165) is 0 Å². The monoisotopic (exact) mass is 360 g/mol. The van der Waals surface area contributed by atoms with Crippen LogP contribution in [0.2, 0.25) is 0 Å². The van der Waals surface area contributed by atoms with Crippen molar-refractivity contribution in [3.63, 3.8) is 0 Å². The number of rotatable bonds is 7. The minimum atomic E-state index is -0.994. The predicted octanol–water partition coefficient (Wildman–Crippen LogP) is 3.60. The second-order valence-corrected chi connectivity index (χ2v) is 6.93. The van der Waals surface area contributed by atoms with Gasteiger partial charge in [0.15, 0.2) is 11.7 Å². The van der Waals surface area contributed by atoms with Gasteiger partial charge in [0.05, 0.1) is 7.11 Å². The van der Waals surface area contributed by atoms with E-state index in [1.165, 1.54) is 13.2 Å². The van der Waals surface area contributed by atoms with E-state index >= 15 is 0 Å². The van der Waals surface area contributed by atoms with E-state index in [4.69, 9.17) is 13.9 Å². The van der Waals surface area contributed by atoms with E-state index < -0.39 is 23.5 Å². The van der Waals surface area contributed by atoms with E-state index in [1.807, 2.05) is 13.8 Å². The summed E-state index contributed by atoms with van der Waals surface area (Å²) >= 11 is 0. The molecule has 1 atom stereocenters. The molecule has 0 aliphatic carbocycles. The number of carbonyl (C=O) groups is 2. The fourth-order valence-corrected chi connectivity index (χ4v) is 2.68. The molecule has 26 heavy (non-hydrogen) atoms. The number of ketones is 1. The fourth-order valence-electron chi connectivity index (χ4n) is 2.68. The molecule has 0 fully saturated rings. The molecule has 1 heterocycles. The predicted molar refractivity (Wildman–Crippen MR) is 97.5 cm³/mol. The zero-order chi connectivity index (χ0) is 19.4. The lowest BCUT2D eigenvalue weighted by Crippen LogP contribution is -2.33. The summed E-state index contributed by atoms with van der Waals surface area (Å²) in [6, 6.07) is 6.18. The SMILES string of the molecule is COc1ccc2ccc(=O)oc2c1C(=O)C(OC(=O)CC(C)C)C(C)C. The Balaban J connectivity index is 2.52. The van der Waals surface area contributed by atoms with Crippen molar-refractivity contribution in [1.82, 2.24) is 0 Å². The number of hydrogen-bond acceptors (Lipinski definition) is 6. The van der Waals surface area contributed by atoms with E-state index in [9.17, 15) is 14.4 Å². The first-order valence-corrected chi connectivity index (χ1v) is 8.59. The van der Waals surface area contributed by atoms with Gasteiger partial charge in [-0.1, -0.05) is 27.7 Å². The van der Waals surface area contributed by atoms with Gasteiger partial charge in [-0.15, -0.1) is 0 Å². The number of benzene rings is 1. The number of hydrogen-bond donors (Lipinski definition) is 0. The zero-order valence-electron chi connectivity index (χ0n) is 15.7. The third-order valence-electron chi connectivity index (χ3n) is 3.92. The molecule has 0 saturated heterocycles. The van der Waals surface area contributed by atoms with Crippen LogP contribution in [0.3, 0.4) is 0 Å². The van der Waals surface area contributed by atoms with Crippen molar-refractivity contribution < 1.29 is 23.5 Å². The molecule has 0 aliphatic rings. The van der Waals surface area contributed by atoms with Gasteiger partial charge in [0.1, 0.15) is 11.3 Å². The molecule has 0 aliphatic heterocycles. The van der Waals surface area contributed by atoms with E-state index in [0.29, 0.717) is 5.39 Å². The van der Waals surface area contributed by atoms with Gasteiger partial charge in [-0.3, -0.25) is 9.59 Å². The lowest BCUT2D eigenvalue weighted by Gasteiger charge is -2.22. The average molecular weight is 360 g/mol. The van der Waals surface area contributed by atoms with Gasteiger partial charge in [0.2, 0.25) is 5.78 Å². The lowest BCUT2D eigenvalue weighted by atomic mass is 9.95. The lowest BCUT2D eigenvalue weighted by molar-refractivity contribution is -0.149. The van der Waals surface area contributed by atoms with Crippen molar-refractivity contribution in [2.45, 2.75) is 40.2 Å². The molecule has 1 aromatic heterocycles. The number of fused-ring (bicyclic) bond motifs is 1. The second kappa shape index (κ2) is 8.17. The summed E-state index contributed by atoms with van der Waals surface area (Å²) in [6.07, 6.45) is -0.774. The highest BCUT2D eigenvalue weighted by Crippen LogP contribution is 2.30. The van der Waals surface area contributed by atoms with Gasteiger partial charge in [-0.2, -0.15) is 0 Å². The summed E-state index contributed by atoms with van der Waals surface area (Å²) in [7, 11) is 1.42. The minimum absolute atomic E-state index is 0.110. The molecular formula is C20H24O6. The Kier molecular flexibility index (Phi) is 6.18. The van der Waals surface area contributed by atoms with Gasteiger partial charge < -0.3 is 13.9 Å². The Labute approximate surface area is 152 Å². The van der Waals surface area contributed by atoms with Crippen molar-refractivity contribution in [3.05, 3.63) is 40.2 Å². The largest absolute Gasteiger partial charge is 0.496 e. The average Bonchev–Trinajstić information content (AvgIpc) is 2.57. The quantitative estimate of drug-likeness (QED) is 0.426. The van der Waals surface area contributed by atoms with Gasteiger partial charge in [-0.05, 0) is 30.0 Å². The third-order valence-corrected chi connectivity index (χ3v) is 3.92. The summed E-state index contributed by atoms with van der Waals surface area (Å²) in [5, 5.41) is 0.588. The van der Waals surface area contributed by atoms with Gasteiger partial charge in [0, 0.05) is 17.9 Å². The Hall–Kier alpha value is -2.63. The Morgan fingerprint density at radius 2 is 1.73 bits per heavy atom. The first kappa shape index (κ1) is 19.7. The molecule has 2 rings (SSSR count). The van der Waals surface area contributed by atoms with Crippen molar-refractivity contribution >= 4 is 22.7 Å². The summed E-state index contributed by atoms with van der Waals surface area (Å²) in [5.41, 5.74) is -0.330. The van der Waals surface area contributed by atoms with Gasteiger partial charge in [-0.25, -0.2) is 4.79 Å². The molecule has 6 nitrogen and oxygen atoms in total. The van der Waals surface area contributed by atoms with Crippen LogP contribution in [0, 0.1) is 11.8 Å². The van der Waals surface area contributed by atoms with Crippen LogP contribution in [0.4, 0.5) is 0 Å². The van der Waals surface area contributed by atoms with Crippen molar-refractivity contribution in [1.29, 1.82) is 0 Å². The Morgan fingerprint density at radius 1 is 1.08 bits per heavy atom. The standard InChI is InChI=1S/C20H24O6/c1-11(2)10-16(22)26-19(12(3)4)18(23)17-14(24-5)8-6-13-7-9-15(21)25-20(13)17/h6-9,11-12,19H,10H2,1-5H3. The minimum Gasteiger partial charge on any atom is -0.496 e. The summed E-state index contributed by atoms with van der Waals surface area (Å²) in [4.78, 5) is 36.9. The number of esters is 1. The molecule has 0 saturated carbocycles. The molecule has 140 valence electrons. The molecule has 0 bridgehead atoms. The molecule has 2 aromatic rings. The fraction of sp³-hybridized carbons (Fsp3) is 0.450. The highest BCUT2D eigenvalue weighted by Gasteiger charge is 2.32. The van der Waals surface area contributed by atoms with Crippen LogP contribution < -0.4 is 10.4 Å². The van der Waals surface area contributed by atoms with Crippen molar-refractivity contribution in [2.75, 3.05) is 7.11 Å². The topological polar surface area (TPSA) is 82.8 Å². The Morgan fingerprint density at radius 3 is 2.31 bits per heavy atom. The first-order valence-electron chi connectivity index (χ1n) is 8.59. The smallest absolute Gasteiger partial charge is 0.336 e. The van der Waals surface area contributed by atoms with Crippen LogP contribution in [-0.4, -0.2) is 25.0 Å². The van der Waals surface area contributed by atoms with Crippen LogP contribution >= 0.6 is 0 Å². The van der Waals surface area contributed by atoms with Crippen molar-refractivity contribution in [3.8, 4) is 5.75 Å². The van der Waals surface area contributed by atoms with Gasteiger partial charge in [0.25, 0.3) is 0 Å². The second-order valence-electron chi connectivity index (χ2n) is 6.93. The van der Waals surface area contributed by atoms with Crippen LogP contribution in [0.25, 0.3) is 11.0 Å². The molecule has 0 amide bonds. The highest BCUT2D eigenvalue weighted by molar-refractivity contribution is 6.11. The van der Waals surface area contributed by atoms with Crippen LogP contribution in [0.5, 0.6) is 5.75 Å². The highest BCUT2D eigenvalue weighted by atomic mass is 16.5. The summed E-state index contributed by atoms with van der Waals surface area (Å²) in [6.45, 7) is 7.38. The molecule has 0 N–H and O–H groups in total. The summed E-state index contributed by atoms with van der Waals surface area (Å²) < 4.78 is 16.0. The molecule has 6 heteroatoms. The first-order chi connectivity index (χ1) is 12.2.